The molecule has 2 N–H and O–H groups in total. The molecule has 0 spiro atoms. The molecule has 0 radical (unpaired) electrons. The van der Waals surface area contributed by atoms with Gasteiger partial charge in [0.1, 0.15) is 11.6 Å². The number of aryl methyl sites for hydroxylation is 2. The molecule has 1 saturated heterocycles. The number of nitrogens with zero attached hydrogens (tertiary/aromatic N) is 3. The highest BCUT2D eigenvalue weighted by Gasteiger charge is 2.18. The summed E-state index contributed by atoms with van der Waals surface area (Å²) in [4.78, 5) is 10.9. The first-order valence-electron chi connectivity index (χ1n) is 7.49. The lowest BCUT2D eigenvalue weighted by Crippen LogP contribution is -2.40. The summed E-state index contributed by atoms with van der Waals surface area (Å²) in [7, 11) is 0. The highest BCUT2D eigenvalue weighted by molar-refractivity contribution is 5.35. The van der Waals surface area contributed by atoms with Crippen LogP contribution in [0.3, 0.4) is 0 Å². The monoisotopic (exact) mass is 278 g/mol. The van der Waals surface area contributed by atoms with Gasteiger partial charge in [-0.2, -0.15) is 0 Å². The summed E-state index contributed by atoms with van der Waals surface area (Å²) >= 11 is 0. The van der Waals surface area contributed by atoms with Crippen molar-refractivity contribution in [2.45, 2.75) is 39.7 Å². The minimum atomic E-state index is -0.362. The molecule has 0 saturated carbocycles. The second kappa shape index (κ2) is 6.99. The number of aliphatic hydroxyl groups is 1. The van der Waals surface area contributed by atoms with E-state index in [1.54, 1.807) is 0 Å². The Bertz CT molecular complexity index is 410. The Morgan fingerprint density at radius 1 is 1.35 bits per heavy atom. The largest absolute Gasteiger partial charge is 0.390 e. The Morgan fingerprint density at radius 2 is 2.05 bits per heavy atom. The molecule has 1 atom stereocenters. The van der Waals surface area contributed by atoms with Gasteiger partial charge in [-0.15, -0.1) is 0 Å². The molecule has 1 aliphatic heterocycles. The topological polar surface area (TPSA) is 61.3 Å². The maximum absolute atomic E-state index is 10.1. The van der Waals surface area contributed by atoms with Crippen molar-refractivity contribution in [3.8, 4) is 0 Å². The van der Waals surface area contributed by atoms with Gasteiger partial charge in [0.05, 0.1) is 6.10 Å². The average molecular weight is 278 g/mol. The molecule has 0 aliphatic carbocycles. The van der Waals surface area contributed by atoms with E-state index in [9.17, 15) is 5.11 Å². The van der Waals surface area contributed by atoms with E-state index in [-0.39, 0.29) is 6.10 Å². The van der Waals surface area contributed by atoms with Gasteiger partial charge in [0.2, 0.25) is 0 Å². The number of β-amino-alcohol motifs (C(OH)–C–C–N with tert-alkyl or cyclic N) is 1. The third-order valence-corrected chi connectivity index (χ3v) is 3.83. The second-order valence-electron chi connectivity index (χ2n) is 5.96. The third-order valence-electron chi connectivity index (χ3n) is 3.83. The minimum Gasteiger partial charge on any atom is -0.390 e. The molecule has 2 heterocycles. The van der Waals surface area contributed by atoms with Crippen molar-refractivity contribution in [1.82, 2.24) is 14.9 Å². The van der Waals surface area contributed by atoms with Crippen molar-refractivity contribution in [1.29, 1.82) is 0 Å². The van der Waals surface area contributed by atoms with E-state index in [0.29, 0.717) is 6.54 Å². The van der Waals surface area contributed by atoms with Crippen LogP contribution in [-0.2, 0) is 0 Å². The van der Waals surface area contributed by atoms with Crippen LogP contribution < -0.4 is 5.32 Å². The molecule has 20 heavy (non-hydrogen) atoms. The van der Waals surface area contributed by atoms with Gasteiger partial charge in [-0.05, 0) is 45.7 Å². The minimum absolute atomic E-state index is 0.362. The first-order valence-corrected chi connectivity index (χ1v) is 7.49. The van der Waals surface area contributed by atoms with Crippen molar-refractivity contribution in [3.63, 3.8) is 0 Å². The molecule has 1 unspecified atom stereocenters. The van der Waals surface area contributed by atoms with E-state index in [4.69, 9.17) is 0 Å². The van der Waals surface area contributed by atoms with Crippen molar-refractivity contribution in [3.05, 3.63) is 17.6 Å². The zero-order chi connectivity index (χ0) is 14.5. The van der Waals surface area contributed by atoms with Gasteiger partial charge in [0.15, 0.2) is 0 Å². The maximum atomic E-state index is 10.1. The Kier molecular flexibility index (Phi) is 5.31. The summed E-state index contributed by atoms with van der Waals surface area (Å²) in [6.07, 6.45) is 2.12. The second-order valence-corrected chi connectivity index (χ2v) is 5.96. The molecule has 0 bridgehead atoms. The van der Waals surface area contributed by atoms with E-state index in [1.165, 1.54) is 12.8 Å². The van der Waals surface area contributed by atoms with Crippen molar-refractivity contribution in [2.75, 3.05) is 31.5 Å². The summed E-state index contributed by atoms with van der Waals surface area (Å²) in [6.45, 7) is 9.60. The van der Waals surface area contributed by atoms with Gasteiger partial charge in [0, 0.05) is 24.8 Å². The van der Waals surface area contributed by atoms with Crippen LogP contribution in [0.2, 0.25) is 0 Å². The van der Waals surface area contributed by atoms with Crippen molar-refractivity contribution in [2.24, 2.45) is 5.92 Å². The fourth-order valence-corrected chi connectivity index (χ4v) is 2.64. The molecule has 1 aromatic rings. The molecule has 2 rings (SSSR count). The number of aliphatic hydroxyl groups excluding tert-OH is 1. The number of piperidine rings is 1. The van der Waals surface area contributed by atoms with Crippen LogP contribution >= 0.6 is 0 Å². The lowest BCUT2D eigenvalue weighted by atomic mass is 9.99. The number of aromatic nitrogens is 2. The van der Waals surface area contributed by atoms with Crippen molar-refractivity contribution < 1.29 is 5.11 Å². The number of likely N-dealkylation sites (tertiary alicyclic amines) is 1. The zero-order valence-corrected chi connectivity index (χ0v) is 12.8. The highest BCUT2D eigenvalue weighted by atomic mass is 16.3. The van der Waals surface area contributed by atoms with Gasteiger partial charge in [-0.1, -0.05) is 6.92 Å². The van der Waals surface area contributed by atoms with Crippen LogP contribution in [0.4, 0.5) is 5.82 Å². The molecule has 112 valence electrons. The van der Waals surface area contributed by atoms with Crippen LogP contribution in [0, 0.1) is 19.8 Å². The number of hydrogen-bond donors (Lipinski definition) is 2. The van der Waals surface area contributed by atoms with Crippen LogP contribution in [-0.4, -0.2) is 52.3 Å². The molecule has 5 heteroatoms. The van der Waals surface area contributed by atoms with Crippen LogP contribution in [0.5, 0.6) is 0 Å². The number of nitrogens with one attached hydrogen (secondary N) is 1. The quantitative estimate of drug-likeness (QED) is 0.856. The molecule has 1 fully saturated rings. The summed E-state index contributed by atoms with van der Waals surface area (Å²) in [5, 5.41) is 13.3. The van der Waals surface area contributed by atoms with E-state index < -0.39 is 0 Å². The Morgan fingerprint density at radius 3 is 2.70 bits per heavy atom. The fourth-order valence-electron chi connectivity index (χ4n) is 2.64. The third kappa shape index (κ3) is 4.72. The number of rotatable bonds is 5. The van der Waals surface area contributed by atoms with Gasteiger partial charge < -0.3 is 15.3 Å². The molecule has 1 aliphatic rings. The molecule has 1 aromatic heterocycles. The first-order chi connectivity index (χ1) is 9.52. The normalized spacial score (nSPS) is 19.0. The fraction of sp³-hybridized carbons (Fsp3) is 0.733. The molecular weight excluding hydrogens is 252 g/mol. The lowest BCUT2D eigenvalue weighted by molar-refractivity contribution is 0.0989. The molecule has 0 aromatic carbocycles. The van der Waals surface area contributed by atoms with Crippen LogP contribution in [0.1, 0.15) is 31.3 Å². The molecule has 0 amide bonds. The smallest absolute Gasteiger partial charge is 0.130 e. The van der Waals surface area contributed by atoms with E-state index in [1.807, 2.05) is 19.9 Å². The van der Waals surface area contributed by atoms with Gasteiger partial charge in [0.25, 0.3) is 0 Å². The molecular formula is C15H26N4O. The lowest BCUT2D eigenvalue weighted by Gasteiger charge is -2.31. The van der Waals surface area contributed by atoms with Gasteiger partial charge >= 0.3 is 0 Å². The Hall–Kier alpha value is -1.20. The van der Waals surface area contributed by atoms with E-state index >= 15 is 0 Å². The van der Waals surface area contributed by atoms with Crippen molar-refractivity contribution >= 4 is 5.82 Å². The van der Waals surface area contributed by atoms with Crippen LogP contribution in [0.15, 0.2) is 6.07 Å². The predicted molar refractivity (Wildman–Crippen MR) is 80.8 cm³/mol. The zero-order valence-electron chi connectivity index (χ0n) is 12.8. The maximum Gasteiger partial charge on any atom is 0.130 e. The predicted octanol–water partition coefficient (Wildman–Crippen LogP) is 1.60. The van der Waals surface area contributed by atoms with Gasteiger partial charge in [-0.3, -0.25) is 0 Å². The Balaban J connectivity index is 1.75. The molecule has 5 nitrogen and oxygen atoms in total. The SMILES string of the molecule is Cc1cc(NCC(O)CN2CCC(C)CC2)nc(C)n1. The van der Waals surface area contributed by atoms with E-state index in [0.717, 1.165) is 42.9 Å². The summed E-state index contributed by atoms with van der Waals surface area (Å²) in [5.41, 5.74) is 0.944. The summed E-state index contributed by atoms with van der Waals surface area (Å²) in [6, 6.07) is 1.91. The number of anilines is 1. The standard InChI is InChI=1S/C15H26N4O/c1-11-4-6-19(7-5-11)10-14(20)9-16-15-8-12(2)17-13(3)18-15/h8,11,14,20H,4-7,9-10H2,1-3H3,(H,16,17,18). The first kappa shape index (κ1) is 15.2. The summed E-state index contributed by atoms with van der Waals surface area (Å²) < 4.78 is 0. The summed E-state index contributed by atoms with van der Waals surface area (Å²) in [5.74, 6) is 2.38. The average Bonchev–Trinajstić information content (AvgIpc) is 2.38. The number of hydrogen-bond acceptors (Lipinski definition) is 5. The Labute approximate surface area is 121 Å². The van der Waals surface area contributed by atoms with Gasteiger partial charge in [-0.25, -0.2) is 9.97 Å². The van der Waals surface area contributed by atoms with Crippen LogP contribution in [0.25, 0.3) is 0 Å². The van der Waals surface area contributed by atoms with E-state index in [2.05, 4.69) is 27.1 Å². The highest BCUT2D eigenvalue weighted by Crippen LogP contribution is 2.16.